The number of nitro groups is 1. The molecule has 0 N–H and O–H groups in total. The van der Waals surface area contributed by atoms with Gasteiger partial charge in [0.25, 0.3) is 10.9 Å². The zero-order valence-corrected chi connectivity index (χ0v) is 13.2. The molecule has 8 heteroatoms. The lowest BCUT2D eigenvalue weighted by molar-refractivity contribution is -0.384. The van der Waals surface area contributed by atoms with Crippen LogP contribution >= 0.6 is 11.8 Å². The quantitative estimate of drug-likeness (QED) is 0.613. The van der Waals surface area contributed by atoms with Crippen LogP contribution < -0.4 is 0 Å². The molecule has 118 valence electrons. The van der Waals surface area contributed by atoms with Crippen molar-refractivity contribution >= 4 is 28.6 Å². The maximum absolute atomic E-state index is 12.3. The molecule has 1 saturated heterocycles. The summed E-state index contributed by atoms with van der Waals surface area (Å²) in [6.45, 7) is 2.42. The Morgan fingerprint density at radius 2 is 2.27 bits per heavy atom. The van der Waals surface area contributed by atoms with Gasteiger partial charge in [0.15, 0.2) is 0 Å². The second kappa shape index (κ2) is 6.78. The maximum atomic E-state index is 12.3. The number of carbonyl (C=O) groups excluding carboxylic acids is 2. The van der Waals surface area contributed by atoms with Gasteiger partial charge in [0, 0.05) is 31.5 Å². The fourth-order valence-electron chi connectivity index (χ4n) is 2.18. The number of nitro benzene ring substituents is 1. The van der Waals surface area contributed by atoms with Crippen molar-refractivity contribution in [1.82, 2.24) is 9.80 Å². The molecule has 0 saturated carbocycles. The summed E-state index contributed by atoms with van der Waals surface area (Å²) in [6.07, 6.45) is 0. The third-order valence-electron chi connectivity index (χ3n) is 3.71. The van der Waals surface area contributed by atoms with Crippen molar-refractivity contribution in [1.29, 1.82) is 0 Å². The van der Waals surface area contributed by atoms with Crippen molar-refractivity contribution in [2.24, 2.45) is 0 Å². The van der Waals surface area contributed by atoms with E-state index in [0.29, 0.717) is 17.9 Å². The van der Waals surface area contributed by atoms with Crippen LogP contribution in [0.25, 0.3) is 0 Å². The molecule has 0 spiro atoms. The van der Waals surface area contributed by atoms with Gasteiger partial charge in [-0.1, -0.05) is 23.9 Å². The number of rotatable bonds is 5. The average Bonchev–Trinajstić information content (AvgIpc) is 2.91. The van der Waals surface area contributed by atoms with Gasteiger partial charge in [-0.05, 0) is 12.5 Å². The molecule has 2 rings (SSSR count). The molecule has 0 unspecified atom stereocenters. The van der Waals surface area contributed by atoms with Crippen LogP contribution in [0.5, 0.6) is 0 Å². The molecule has 0 radical (unpaired) electrons. The molecule has 0 aromatic heterocycles. The first-order valence-corrected chi connectivity index (χ1v) is 7.80. The molecule has 1 heterocycles. The molecule has 0 aliphatic carbocycles. The molecule has 1 aromatic carbocycles. The minimum atomic E-state index is -0.460. The first-order valence-electron chi connectivity index (χ1n) is 6.82. The van der Waals surface area contributed by atoms with Gasteiger partial charge in [0.2, 0.25) is 5.91 Å². The van der Waals surface area contributed by atoms with Gasteiger partial charge in [-0.2, -0.15) is 0 Å². The van der Waals surface area contributed by atoms with E-state index in [1.54, 1.807) is 26.1 Å². The molecule has 1 aliphatic rings. The predicted molar refractivity (Wildman–Crippen MR) is 83.7 cm³/mol. The number of benzene rings is 1. The number of hydrogen-bond donors (Lipinski definition) is 0. The molecule has 22 heavy (non-hydrogen) atoms. The summed E-state index contributed by atoms with van der Waals surface area (Å²) in [5.41, 5.74) is 0.684. The third kappa shape index (κ3) is 3.56. The monoisotopic (exact) mass is 323 g/mol. The van der Waals surface area contributed by atoms with Gasteiger partial charge in [0.05, 0.1) is 11.0 Å². The molecule has 2 amide bonds. The highest BCUT2D eigenvalue weighted by Crippen LogP contribution is 2.24. The second-order valence-electron chi connectivity index (χ2n) is 5.07. The van der Waals surface area contributed by atoms with E-state index in [0.717, 1.165) is 0 Å². The van der Waals surface area contributed by atoms with Gasteiger partial charge in [-0.3, -0.25) is 19.7 Å². The largest absolute Gasteiger partial charge is 0.337 e. The minimum absolute atomic E-state index is 0.00341. The highest BCUT2D eigenvalue weighted by atomic mass is 32.2. The Morgan fingerprint density at radius 1 is 1.55 bits per heavy atom. The van der Waals surface area contributed by atoms with E-state index in [2.05, 4.69) is 0 Å². The number of amides is 2. The minimum Gasteiger partial charge on any atom is -0.337 e. The maximum Gasteiger partial charge on any atom is 0.282 e. The Morgan fingerprint density at radius 3 is 2.86 bits per heavy atom. The molecule has 1 aliphatic heterocycles. The van der Waals surface area contributed by atoms with Crippen molar-refractivity contribution in [2.45, 2.75) is 13.0 Å². The lowest BCUT2D eigenvalue weighted by Gasteiger charge is -2.27. The summed E-state index contributed by atoms with van der Waals surface area (Å²) >= 11 is 1.21. The zero-order chi connectivity index (χ0) is 16.3. The van der Waals surface area contributed by atoms with Crippen molar-refractivity contribution in [2.75, 3.05) is 25.9 Å². The van der Waals surface area contributed by atoms with Crippen LogP contribution in [-0.2, 0) is 4.79 Å². The van der Waals surface area contributed by atoms with E-state index in [1.807, 2.05) is 0 Å². The lowest BCUT2D eigenvalue weighted by Crippen LogP contribution is -2.39. The Hall–Kier alpha value is -2.09. The van der Waals surface area contributed by atoms with Gasteiger partial charge in [0.1, 0.15) is 6.54 Å². The van der Waals surface area contributed by atoms with Crippen molar-refractivity contribution < 1.29 is 14.5 Å². The molecule has 0 bridgehead atoms. The summed E-state index contributed by atoms with van der Waals surface area (Å²) < 4.78 is 0. The van der Waals surface area contributed by atoms with Gasteiger partial charge in [-0.25, -0.2) is 0 Å². The zero-order valence-electron chi connectivity index (χ0n) is 12.4. The first-order chi connectivity index (χ1) is 10.4. The van der Waals surface area contributed by atoms with Crippen LogP contribution in [0.3, 0.4) is 0 Å². The Bertz CT molecular complexity index is 608. The van der Waals surface area contributed by atoms with E-state index >= 15 is 0 Å². The van der Waals surface area contributed by atoms with Gasteiger partial charge < -0.3 is 9.80 Å². The molecular weight excluding hydrogens is 306 g/mol. The van der Waals surface area contributed by atoms with Crippen LogP contribution in [0.2, 0.25) is 0 Å². The van der Waals surface area contributed by atoms with Crippen LogP contribution in [-0.4, -0.2) is 51.8 Å². The van der Waals surface area contributed by atoms with Crippen molar-refractivity contribution in [3.63, 3.8) is 0 Å². The third-order valence-corrected chi connectivity index (χ3v) is 4.60. The van der Waals surface area contributed by atoms with Gasteiger partial charge >= 0.3 is 0 Å². The van der Waals surface area contributed by atoms with Crippen molar-refractivity contribution in [3.05, 3.63) is 39.9 Å². The molecular formula is C14H17N3O4S. The smallest absolute Gasteiger partial charge is 0.282 e. The highest BCUT2D eigenvalue weighted by Gasteiger charge is 2.26. The van der Waals surface area contributed by atoms with Crippen LogP contribution in [0.4, 0.5) is 10.5 Å². The van der Waals surface area contributed by atoms with Crippen molar-refractivity contribution in [3.8, 4) is 0 Å². The average molecular weight is 323 g/mol. The van der Waals surface area contributed by atoms with Gasteiger partial charge in [-0.15, -0.1) is 0 Å². The summed E-state index contributed by atoms with van der Waals surface area (Å²) in [4.78, 5) is 37.2. The van der Waals surface area contributed by atoms with E-state index in [1.165, 1.54) is 33.7 Å². The van der Waals surface area contributed by atoms with E-state index in [-0.39, 0.29) is 29.4 Å². The summed E-state index contributed by atoms with van der Waals surface area (Å²) in [5.74, 6) is 0.519. The number of hydrogen-bond acceptors (Lipinski definition) is 5. The highest BCUT2D eigenvalue weighted by molar-refractivity contribution is 8.13. The van der Waals surface area contributed by atoms with Crippen LogP contribution in [0.1, 0.15) is 18.5 Å². The number of likely N-dealkylation sites (N-methyl/N-ethyl adjacent to an activating group) is 1. The summed E-state index contributed by atoms with van der Waals surface area (Å²) in [7, 11) is 1.64. The lowest BCUT2D eigenvalue weighted by atomic mass is 10.1. The van der Waals surface area contributed by atoms with E-state index in [4.69, 9.17) is 0 Å². The van der Waals surface area contributed by atoms with E-state index in [9.17, 15) is 19.7 Å². The Balaban J connectivity index is 2.06. The van der Waals surface area contributed by atoms with E-state index < -0.39 is 4.92 Å². The number of non-ortho nitro benzene ring substituents is 1. The normalized spacial score (nSPS) is 15.7. The number of nitrogens with zero attached hydrogens (tertiary/aromatic N) is 3. The Kier molecular flexibility index (Phi) is 5.02. The fourth-order valence-corrected chi connectivity index (χ4v) is 3.01. The molecule has 1 atom stereocenters. The number of carbonyl (C=O) groups is 2. The SMILES string of the molecule is C[C@H](c1cccc([N+](=O)[O-])c1)N(C)C(=O)CN1CCSC1=O. The standard InChI is InChI=1S/C14H17N3O4S/c1-10(11-4-3-5-12(8-11)17(20)21)15(2)13(18)9-16-6-7-22-14(16)19/h3-5,8,10H,6-7,9H2,1-2H3/t10-/m1/s1. The Labute approximate surface area is 132 Å². The molecule has 1 aromatic rings. The second-order valence-corrected chi connectivity index (χ2v) is 6.11. The van der Waals surface area contributed by atoms with Crippen LogP contribution in [0, 0.1) is 10.1 Å². The summed E-state index contributed by atoms with van der Waals surface area (Å²) in [5, 5.41) is 10.7. The number of thioether (sulfide) groups is 1. The summed E-state index contributed by atoms with van der Waals surface area (Å²) in [6, 6.07) is 5.92. The first kappa shape index (κ1) is 16.3. The predicted octanol–water partition coefficient (Wildman–Crippen LogP) is 2.28. The molecule has 7 nitrogen and oxygen atoms in total. The molecule has 1 fully saturated rings. The topological polar surface area (TPSA) is 83.8 Å². The fraction of sp³-hybridized carbons (Fsp3) is 0.429. The van der Waals surface area contributed by atoms with Crippen LogP contribution in [0.15, 0.2) is 24.3 Å².